The lowest BCUT2D eigenvalue weighted by Gasteiger charge is -2.30. The van der Waals surface area contributed by atoms with E-state index in [1.165, 1.54) is 25.9 Å². The second kappa shape index (κ2) is 12.4. The molecule has 2 unspecified atom stereocenters. The van der Waals surface area contributed by atoms with Crippen molar-refractivity contribution < 1.29 is 4.74 Å². The van der Waals surface area contributed by atoms with E-state index in [9.17, 15) is 0 Å². The third-order valence-electron chi connectivity index (χ3n) is 3.96. The molecule has 0 aromatic carbocycles. The number of nitrogens with one attached hydrogen (secondary N) is 2. The van der Waals surface area contributed by atoms with Gasteiger partial charge in [0.15, 0.2) is 5.96 Å². The first-order chi connectivity index (χ1) is 10.1. The molecule has 0 spiro atoms. The summed E-state index contributed by atoms with van der Waals surface area (Å²) in [4.78, 5) is 7.39. The second-order valence-corrected chi connectivity index (χ2v) is 6.27. The highest BCUT2D eigenvalue weighted by Crippen LogP contribution is 2.17. The first kappa shape index (κ1) is 21.9. The Labute approximate surface area is 153 Å². The fraction of sp³-hybridized carbons (Fsp3) is 0.938. The van der Waals surface area contributed by atoms with Gasteiger partial charge in [-0.1, -0.05) is 13.8 Å². The highest BCUT2D eigenvalue weighted by molar-refractivity contribution is 14.0. The van der Waals surface area contributed by atoms with Gasteiger partial charge in [-0.25, -0.2) is 0 Å². The molecule has 1 rings (SSSR count). The van der Waals surface area contributed by atoms with E-state index in [0.29, 0.717) is 18.6 Å². The van der Waals surface area contributed by atoms with Crippen molar-refractivity contribution in [1.29, 1.82) is 0 Å². The number of likely N-dealkylation sites (tertiary alicyclic amines) is 1. The Bertz CT molecular complexity index is 307. The maximum atomic E-state index is 5.17. The number of guanidine groups is 1. The summed E-state index contributed by atoms with van der Waals surface area (Å²) >= 11 is 0. The first-order valence-electron chi connectivity index (χ1n) is 8.36. The van der Waals surface area contributed by atoms with Crippen LogP contribution in [-0.2, 0) is 4.74 Å². The van der Waals surface area contributed by atoms with E-state index in [0.717, 1.165) is 19.0 Å². The molecule has 1 heterocycles. The topological polar surface area (TPSA) is 48.9 Å². The Balaban J connectivity index is 0.00000441. The predicted molar refractivity (Wildman–Crippen MR) is 105 cm³/mol. The van der Waals surface area contributed by atoms with Crippen molar-refractivity contribution in [3.05, 3.63) is 0 Å². The maximum Gasteiger partial charge on any atom is 0.191 e. The molecule has 1 aliphatic heterocycles. The molecule has 0 aliphatic carbocycles. The van der Waals surface area contributed by atoms with Gasteiger partial charge in [-0.2, -0.15) is 0 Å². The number of ether oxygens (including phenoxy) is 1. The number of halogens is 1. The molecule has 0 saturated carbocycles. The third-order valence-corrected chi connectivity index (χ3v) is 3.96. The smallest absolute Gasteiger partial charge is 0.191 e. The van der Waals surface area contributed by atoms with Crippen LogP contribution in [-0.4, -0.2) is 62.8 Å². The van der Waals surface area contributed by atoms with Gasteiger partial charge in [-0.15, -0.1) is 24.0 Å². The quantitative estimate of drug-likeness (QED) is 0.355. The normalized spacial score (nSPS) is 18.9. The van der Waals surface area contributed by atoms with E-state index >= 15 is 0 Å². The van der Waals surface area contributed by atoms with Crippen LogP contribution in [0.5, 0.6) is 0 Å². The Morgan fingerprint density at radius 1 is 1.23 bits per heavy atom. The minimum Gasteiger partial charge on any atom is -0.383 e. The van der Waals surface area contributed by atoms with Gasteiger partial charge < -0.3 is 15.4 Å². The van der Waals surface area contributed by atoms with Crippen LogP contribution < -0.4 is 10.6 Å². The molecule has 1 fully saturated rings. The molecule has 22 heavy (non-hydrogen) atoms. The number of aliphatic imine (C=N–C) groups is 1. The molecule has 1 saturated heterocycles. The van der Waals surface area contributed by atoms with Crippen molar-refractivity contribution in [3.63, 3.8) is 0 Å². The van der Waals surface area contributed by atoms with Crippen molar-refractivity contribution >= 4 is 29.9 Å². The van der Waals surface area contributed by atoms with Crippen LogP contribution >= 0.6 is 24.0 Å². The van der Waals surface area contributed by atoms with Gasteiger partial charge in [0.25, 0.3) is 0 Å². The molecule has 1 aliphatic rings. The average Bonchev–Trinajstić information content (AvgIpc) is 2.92. The Morgan fingerprint density at radius 2 is 1.86 bits per heavy atom. The Morgan fingerprint density at radius 3 is 2.36 bits per heavy atom. The van der Waals surface area contributed by atoms with Gasteiger partial charge in [0.1, 0.15) is 0 Å². The highest BCUT2D eigenvalue weighted by Gasteiger charge is 2.24. The van der Waals surface area contributed by atoms with Gasteiger partial charge in [-0.3, -0.25) is 9.89 Å². The van der Waals surface area contributed by atoms with Gasteiger partial charge in [0.05, 0.1) is 13.2 Å². The van der Waals surface area contributed by atoms with Crippen molar-refractivity contribution in [3.8, 4) is 0 Å². The molecule has 6 heteroatoms. The molecule has 5 nitrogen and oxygen atoms in total. The van der Waals surface area contributed by atoms with Gasteiger partial charge >= 0.3 is 0 Å². The largest absolute Gasteiger partial charge is 0.383 e. The van der Waals surface area contributed by atoms with Crippen molar-refractivity contribution in [2.24, 2.45) is 10.9 Å². The van der Waals surface area contributed by atoms with E-state index in [-0.39, 0.29) is 30.0 Å². The van der Waals surface area contributed by atoms with E-state index in [4.69, 9.17) is 9.73 Å². The van der Waals surface area contributed by atoms with Crippen molar-refractivity contribution in [2.45, 2.75) is 52.6 Å². The van der Waals surface area contributed by atoms with Crippen LogP contribution in [0.25, 0.3) is 0 Å². The first-order valence-corrected chi connectivity index (χ1v) is 8.36. The van der Waals surface area contributed by atoms with Crippen LogP contribution in [0.3, 0.4) is 0 Å². The lowest BCUT2D eigenvalue weighted by molar-refractivity contribution is 0.178. The standard InChI is InChI=1S/C16H34N4O.HI/c1-6-17-16(19-14(4)12-21-5)18-11-15(13(2)3)20-9-7-8-10-20;/h13-15H,6-12H2,1-5H3,(H2,17,18,19);1H. The van der Waals surface area contributed by atoms with Crippen LogP contribution in [0.1, 0.15) is 40.5 Å². The molecular weight excluding hydrogens is 391 g/mol. The minimum absolute atomic E-state index is 0. The fourth-order valence-electron chi connectivity index (χ4n) is 2.85. The van der Waals surface area contributed by atoms with E-state index in [1.807, 2.05) is 0 Å². The summed E-state index contributed by atoms with van der Waals surface area (Å²) < 4.78 is 5.17. The summed E-state index contributed by atoms with van der Waals surface area (Å²) in [5.41, 5.74) is 0. The van der Waals surface area contributed by atoms with Crippen LogP contribution in [0.4, 0.5) is 0 Å². The monoisotopic (exact) mass is 426 g/mol. The number of nitrogens with zero attached hydrogens (tertiary/aromatic N) is 2. The lowest BCUT2D eigenvalue weighted by Crippen LogP contribution is -2.45. The summed E-state index contributed by atoms with van der Waals surface area (Å²) in [6.45, 7) is 13.7. The molecule has 0 bridgehead atoms. The second-order valence-electron chi connectivity index (χ2n) is 6.27. The van der Waals surface area contributed by atoms with Gasteiger partial charge in [0.2, 0.25) is 0 Å². The number of rotatable bonds is 8. The molecule has 0 aromatic heterocycles. The average molecular weight is 426 g/mol. The molecule has 0 aromatic rings. The molecule has 0 amide bonds. The SMILES string of the molecule is CCNC(=NCC(C(C)C)N1CCCC1)NC(C)COC.I. The van der Waals surface area contributed by atoms with Crippen LogP contribution in [0.15, 0.2) is 4.99 Å². The summed E-state index contributed by atoms with van der Waals surface area (Å²) in [6, 6.07) is 0.803. The molecule has 132 valence electrons. The maximum absolute atomic E-state index is 5.17. The molecule has 2 N–H and O–H groups in total. The molecule has 2 atom stereocenters. The number of hydrogen-bond donors (Lipinski definition) is 2. The van der Waals surface area contributed by atoms with Crippen molar-refractivity contribution in [1.82, 2.24) is 15.5 Å². The zero-order valence-electron chi connectivity index (χ0n) is 14.9. The van der Waals surface area contributed by atoms with Crippen LogP contribution in [0.2, 0.25) is 0 Å². The minimum atomic E-state index is 0. The van der Waals surface area contributed by atoms with Crippen molar-refractivity contribution in [2.75, 3.05) is 39.9 Å². The summed E-state index contributed by atoms with van der Waals surface area (Å²) in [6.07, 6.45) is 2.66. The summed E-state index contributed by atoms with van der Waals surface area (Å²) in [7, 11) is 1.73. The third kappa shape index (κ3) is 7.97. The molecule has 0 radical (unpaired) electrons. The Kier molecular flexibility index (Phi) is 12.3. The molecular formula is C16H35IN4O. The zero-order chi connectivity index (χ0) is 15.7. The predicted octanol–water partition coefficient (Wildman–Crippen LogP) is 2.31. The van der Waals surface area contributed by atoms with E-state index in [1.54, 1.807) is 7.11 Å². The number of hydrogen-bond acceptors (Lipinski definition) is 3. The summed E-state index contributed by atoms with van der Waals surface area (Å²) in [5.74, 6) is 1.53. The van der Waals surface area contributed by atoms with Gasteiger partial charge in [-0.05, 0) is 45.7 Å². The van der Waals surface area contributed by atoms with E-state index < -0.39 is 0 Å². The lowest BCUT2D eigenvalue weighted by atomic mass is 10.0. The fourth-order valence-corrected chi connectivity index (χ4v) is 2.85. The van der Waals surface area contributed by atoms with E-state index in [2.05, 4.69) is 43.2 Å². The van der Waals surface area contributed by atoms with Crippen LogP contribution in [0, 0.1) is 5.92 Å². The Hall–Kier alpha value is -0.0800. The number of methoxy groups -OCH3 is 1. The zero-order valence-corrected chi connectivity index (χ0v) is 17.2. The highest BCUT2D eigenvalue weighted by atomic mass is 127. The summed E-state index contributed by atoms with van der Waals surface area (Å²) in [5, 5.41) is 6.72. The van der Waals surface area contributed by atoms with Gasteiger partial charge in [0, 0.05) is 25.7 Å².